The Kier molecular flexibility index (Phi) is 9.09. The van der Waals surface area contributed by atoms with E-state index >= 15 is 0 Å². The molecule has 218 valence electrons. The third-order valence-electron chi connectivity index (χ3n) is 8.11. The van der Waals surface area contributed by atoms with Crippen molar-refractivity contribution in [2.24, 2.45) is 0 Å². The van der Waals surface area contributed by atoms with Gasteiger partial charge >= 0.3 is 0 Å². The minimum absolute atomic E-state index is 0.0795. The third-order valence-corrected chi connectivity index (χ3v) is 8.11. The zero-order chi connectivity index (χ0) is 28.9. The van der Waals surface area contributed by atoms with E-state index in [4.69, 9.17) is 0 Å². The van der Waals surface area contributed by atoms with E-state index in [0.29, 0.717) is 55.7 Å². The summed E-state index contributed by atoms with van der Waals surface area (Å²) in [6, 6.07) is 10.1. The number of hydrogen-bond donors (Lipinski definition) is 3. The number of para-hydroxylation sites is 1. The van der Waals surface area contributed by atoms with Gasteiger partial charge in [-0.15, -0.1) is 0 Å². The fourth-order valence-electron chi connectivity index (χ4n) is 5.90. The summed E-state index contributed by atoms with van der Waals surface area (Å²) < 4.78 is 29.9. The number of benzene rings is 2. The number of amides is 2. The van der Waals surface area contributed by atoms with Gasteiger partial charge in [-0.25, -0.2) is 13.8 Å². The smallest absolute Gasteiger partial charge is 0.242 e. The van der Waals surface area contributed by atoms with Crippen molar-refractivity contribution in [2.45, 2.75) is 77.0 Å². The molecule has 10 heteroatoms. The number of rotatable bonds is 10. The van der Waals surface area contributed by atoms with E-state index < -0.39 is 17.7 Å². The molecule has 3 aromatic rings. The quantitative estimate of drug-likeness (QED) is 0.345. The summed E-state index contributed by atoms with van der Waals surface area (Å²) in [5.41, 5.74) is 3.28. The lowest BCUT2D eigenvalue weighted by Crippen LogP contribution is -2.48. The average Bonchev–Trinajstić information content (AvgIpc) is 3.62. The Hall–Kier alpha value is -3.63. The van der Waals surface area contributed by atoms with Crippen LogP contribution in [0.15, 0.2) is 48.9 Å². The van der Waals surface area contributed by atoms with Crippen LogP contribution in [0.3, 0.4) is 0 Å². The molecule has 1 unspecified atom stereocenters. The molecule has 41 heavy (non-hydrogen) atoms. The van der Waals surface area contributed by atoms with E-state index in [0.717, 1.165) is 36.7 Å². The largest absolute Gasteiger partial charge is 0.341 e. The summed E-state index contributed by atoms with van der Waals surface area (Å²) in [5.74, 6) is -0.708. The predicted octanol–water partition coefficient (Wildman–Crippen LogP) is 4.12. The molecule has 1 aliphatic heterocycles. The number of anilines is 1. The summed E-state index contributed by atoms with van der Waals surface area (Å²) in [5, 5.41) is 9.93. The minimum Gasteiger partial charge on any atom is -0.341 e. The SMILES string of the molecule is CCCC(N[C@H]1CCc2cc(F)cc(F)c2C1)C(=O)Nc1cn(-c2ccccc2CN[C@@H]2CCN(C(C)=O)C2)cn1. The number of likely N-dealkylation sites (tertiary alicyclic amines) is 1. The van der Waals surface area contributed by atoms with Crippen LogP contribution >= 0.6 is 0 Å². The molecule has 1 aromatic heterocycles. The molecule has 2 aromatic carbocycles. The number of carbonyl (C=O) groups is 2. The Balaban J connectivity index is 1.21. The molecule has 0 saturated carbocycles. The Labute approximate surface area is 239 Å². The Morgan fingerprint density at radius 1 is 1.15 bits per heavy atom. The van der Waals surface area contributed by atoms with Crippen molar-refractivity contribution in [3.63, 3.8) is 0 Å². The fourth-order valence-corrected chi connectivity index (χ4v) is 5.90. The molecule has 0 bridgehead atoms. The van der Waals surface area contributed by atoms with Crippen molar-refractivity contribution < 1.29 is 18.4 Å². The zero-order valence-corrected chi connectivity index (χ0v) is 23.6. The van der Waals surface area contributed by atoms with Crippen LogP contribution in [-0.2, 0) is 29.0 Å². The molecular weight excluding hydrogens is 526 g/mol. The molecule has 8 nitrogen and oxygen atoms in total. The van der Waals surface area contributed by atoms with Crippen molar-refractivity contribution in [1.82, 2.24) is 25.1 Å². The molecule has 3 atom stereocenters. The Bertz CT molecular complexity index is 1390. The van der Waals surface area contributed by atoms with Gasteiger partial charge in [-0.2, -0.15) is 0 Å². The van der Waals surface area contributed by atoms with Gasteiger partial charge < -0.3 is 25.4 Å². The van der Waals surface area contributed by atoms with Crippen LogP contribution in [0.5, 0.6) is 0 Å². The Morgan fingerprint density at radius 3 is 2.76 bits per heavy atom. The second-order valence-electron chi connectivity index (χ2n) is 11.1. The minimum atomic E-state index is -0.552. The number of halogens is 2. The van der Waals surface area contributed by atoms with Gasteiger partial charge in [0, 0.05) is 44.7 Å². The number of aromatic nitrogens is 2. The van der Waals surface area contributed by atoms with Crippen LogP contribution in [0.2, 0.25) is 0 Å². The predicted molar refractivity (Wildman–Crippen MR) is 154 cm³/mol. The molecule has 1 aliphatic carbocycles. The van der Waals surface area contributed by atoms with Gasteiger partial charge in [-0.3, -0.25) is 9.59 Å². The van der Waals surface area contributed by atoms with E-state index in [2.05, 4.69) is 27.0 Å². The number of imidazole rings is 1. The highest BCUT2D eigenvalue weighted by molar-refractivity contribution is 5.94. The lowest BCUT2D eigenvalue weighted by atomic mass is 9.87. The van der Waals surface area contributed by atoms with Crippen molar-refractivity contribution >= 4 is 17.6 Å². The normalized spacial score (nSPS) is 19.2. The first-order chi connectivity index (χ1) is 19.8. The average molecular weight is 565 g/mol. The molecule has 2 amide bonds. The van der Waals surface area contributed by atoms with Crippen molar-refractivity contribution in [1.29, 1.82) is 0 Å². The molecule has 2 heterocycles. The number of nitrogens with one attached hydrogen (secondary N) is 3. The number of fused-ring (bicyclic) bond motifs is 1. The van der Waals surface area contributed by atoms with Crippen LogP contribution < -0.4 is 16.0 Å². The number of carbonyl (C=O) groups excluding carboxylic acids is 2. The van der Waals surface area contributed by atoms with Crippen molar-refractivity contribution in [3.05, 3.63) is 77.2 Å². The molecule has 1 fully saturated rings. The van der Waals surface area contributed by atoms with Gasteiger partial charge in [0.2, 0.25) is 11.8 Å². The first kappa shape index (κ1) is 28.9. The standard InChI is InChI=1S/C31H38F2N6O2/c1-3-6-28(36-24-10-9-21-13-23(32)14-27(33)26(21)15-24)31(41)37-30-18-39(19-35-30)29-8-5-4-7-22(29)16-34-25-11-12-38(17-25)20(2)40/h4-5,7-8,13-14,18-19,24-25,28,34,36H,3,6,9-12,15-17H2,1-2H3,(H,37,41)/t24-,25+,28?/m0/s1. The second kappa shape index (κ2) is 12.9. The molecule has 2 aliphatic rings. The summed E-state index contributed by atoms with van der Waals surface area (Å²) in [7, 11) is 0. The molecular formula is C31H38F2N6O2. The molecule has 3 N–H and O–H groups in total. The van der Waals surface area contributed by atoms with Gasteiger partial charge in [0.15, 0.2) is 5.82 Å². The highest BCUT2D eigenvalue weighted by Crippen LogP contribution is 2.26. The summed E-state index contributed by atoms with van der Waals surface area (Å²) >= 11 is 0. The summed E-state index contributed by atoms with van der Waals surface area (Å²) in [6.07, 6.45) is 7.52. The second-order valence-corrected chi connectivity index (χ2v) is 11.1. The molecule has 0 spiro atoms. The maximum Gasteiger partial charge on any atom is 0.242 e. The van der Waals surface area contributed by atoms with Crippen molar-refractivity contribution in [3.8, 4) is 5.69 Å². The number of hydrogen-bond acceptors (Lipinski definition) is 5. The lowest BCUT2D eigenvalue weighted by molar-refractivity contribution is -0.127. The van der Waals surface area contributed by atoms with Crippen LogP contribution in [0, 0.1) is 11.6 Å². The third kappa shape index (κ3) is 7.00. The molecule has 5 rings (SSSR count). The fraction of sp³-hybridized carbons (Fsp3) is 0.452. The van der Waals surface area contributed by atoms with E-state index in [1.165, 1.54) is 6.07 Å². The van der Waals surface area contributed by atoms with Gasteiger partial charge in [0.25, 0.3) is 0 Å². The van der Waals surface area contributed by atoms with Crippen LogP contribution in [0.25, 0.3) is 5.69 Å². The maximum atomic E-state index is 14.4. The monoisotopic (exact) mass is 564 g/mol. The van der Waals surface area contributed by atoms with Crippen LogP contribution in [0.4, 0.5) is 14.6 Å². The van der Waals surface area contributed by atoms with Gasteiger partial charge in [-0.05, 0) is 60.9 Å². The van der Waals surface area contributed by atoms with E-state index in [-0.39, 0.29) is 23.9 Å². The Morgan fingerprint density at radius 2 is 1.98 bits per heavy atom. The zero-order valence-electron chi connectivity index (χ0n) is 23.6. The lowest BCUT2D eigenvalue weighted by Gasteiger charge is -2.29. The molecule has 1 saturated heterocycles. The first-order valence-electron chi connectivity index (χ1n) is 14.5. The first-order valence-corrected chi connectivity index (χ1v) is 14.5. The maximum absolute atomic E-state index is 14.4. The van der Waals surface area contributed by atoms with E-state index in [9.17, 15) is 18.4 Å². The van der Waals surface area contributed by atoms with Crippen LogP contribution in [0.1, 0.15) is 56.2 Å². The molecule has 0 radical (unpaired) electrons. The highest BCUT2D eigenvalue weighted by atomic mass is 19.1. The summed E-state index contributed by atoms with van der Waals surface area (Å²) in [4.78, 5) is 31.2. The van der Waals surface area contributed by atoms with Crippen molar-refractivity contribution in [2.75, 3.05) is 18.4 Å². The number of aryl methyl sites for hydroxylation is 1. The highest BCUT2D eigenvalue weighted by Gasteiger charge is 2.27. The van der Waals surface area contributed by atoms with Gasteiger partial charge in [0.05, 0.1) is 17.9 Å². The topological polar surface area (TPSA) is 91.3 Å². The van der Waals surface area contributed by atoms with E-state index in [1.807, 2.05) is 34.6 Å². The van der Waals surface area contributed by atoms with Gasteiger partial charge in [-0.1, -0.05) is 31.5 Å². The van der Waals surface area contributed by atoms with Crippen LogP contribution in [-0.4, -0.2) is 57.5 Å². The summed E-state index contributed by atoms with van der Waals surface area (Å²) in [6.45, 7) is 5.76. The van der Waals surface area contributed by atoms with Gasteiger partial charge in [0.1, 0.15) is 18.0 Å². The van der Waals surface area contributed by atoms with E-state index in [1.54, 1.807) is 19.4 Å². The number of nitrogens with zero attached hydrogens (tertiary/aromatic N) is 3.